The van der Waals surface area contributed by atoms with Gasteiger partial charge in [0.2, 0.25) is 0 Å². The molecule has 0 aromatic heterocycles. The van der Waals surface area contributed by atoms with Gasteiger partial charge in [-0.15, -0.1) is 0 Å². The normalized spacial score (nSPS) is 11.5. The van der Waals surface area contributed by atoms with E-state index in [4.69, 9.17) is 33.7 Å². The maximum atomic E-state index is 4.87. The van der Waals surface area contributed by atoms with Crippen molar-refractivity contribution in [3.63, 3.8) is 0 Å². The molecular formula is C25H23Cl3P2. The predicted octanol–water partition coefficient (Wildman–Crippen LogP) is 7.84. The molecule has 4 aromatic rings. The molecule has 0 amide bonds. The van der Waals surface area contributed by atoms with Gasteiger partial charge >= 0.3 is 156 Å². The fourth-order valence-electron chi connectivity index (χ4n) is 3.88. The Hall–Kier alpha value is -1.39. The minimum absolute atomic E-state index is 1.06. The zero-order chi connectivity index (χ0) is 21.2. The van der Waals surface area contributed by atoms with Gasteiger partial charge in [0.1, 0.15) is 0 Å². The van der Waals surface area contributed by atoms with E-state index in [0.717, 1.165) is 6.16 Å². The van der Waals surface area contributed by atoms with Crippen molar-refractivity contribution in [1.82, 2.24) is 0 Å². The number of benzene rings is 4. The van der Waals surface area contributed by atoms with Crippen LogP contribution in [0, 0.1) is 0 Å². The fourth-order valence-corrected chi connectivity index (χ4v) is 8.62. The zero-order valence-electron chi connectivity index (χ0n) is 16.3. The second-order valence-corrected chi connectivity index (χ2v) is 15.7. The monoisotopic (exact) mass is 490 g/mol. The van der Waals surface area contributed by atoms with Crippen molar-refractivity contribution in [3.05, 3.63) is 127 Å². The molecule has 0 N–H and O–H groups in total. The third-order valence-electron chi connectivity index (χ3n) is 5.11. The molecule has 0 unspecified atom stereocenters. The van der Waals surface area contributed by atoms with Crippen LogP contribution in [0.5, 0.6) is 0 Å². The topological polar surface area (TPSA) is 0 Å². The Kier molecular flexibility index (Phi) is 9.20. The number of rotatable bonds is 5. The molecule has 0 radical (unpaired) electrons. The molecule has 4 aromatic carbocycles. The first-order valence-corrected chi connectivity index (χ1v) is 15.9. The predicted molar refractivity (Wildman–Crippen MR) is 141 cm³/mol. The summed E-state index contributed by atoms with van der Waals surface area (Å²) in [5.74, 6) is -1.20. The molecule has 0 saturated heterocycles. The van der Waals surface area contributed by atoms with Crippen LogP contribution in [0.4, 0.5) is 0 Å². The van der Waals surface area contributed by atoms with Gasteiger partial charge in [-0.3, -0.25) is 0 Å². The van der Waals surface area contributed by atoms with Crippen LogP contribution in [0.2, 0.25) is 0 Å². The van der Waals surface area contributed by atoms with Crippen molar-refractivity contribution in [2.24, 2.45) is 0 Å². The van der Waals surface area contributed by atoms with Gasteiger partial charge in [-0.05, 0) is 0 Å². The zero-order valence-corrected chi connectivity index (χ0v) is 20.5. The Morgan fingerprint density at radius 3 is 1.03 bits per heavy atom. The Morgan fingerprint density at radius 1 is 0.467 bits per heavy atom. The van der Waals surface area contributed by atoms with Crippen molar-refractivity contribution in [2.75, 3.05) is 0 Å². The Morgan fingerprint density at radius 2 is 0.733 bits per heavy atom. The van der Waals surface area contributed by atoms with Crippen LogP contribution in [0.3, 0.4) is 0 Å². The fraction of sp³-hybridized carbons (Fsp3) is 0.0400. The first kappa shape index (κ1) is 23.3. The Balaban J connectivity index is 0.000000589. The van der Waals surface area contributed by atoms with E-state index in [-0.39, 0.29) is 0 Å². The van der Waals surface area contributed by atoms with Crippen molar-refractivity contribution < 1.29 is 0 Å². The van der Waals surface area contributed by atoms with E-state index in [2.05, 4.69) is 121 Å². The summed E-state index contributed by atoms with van der Waals surface area (Å²) in [6.07, 6.45) is 1.06. The van der Waals surface area contributed by atoms with Gasteiger partial charge in [-0.2, -0.15) is 0 Å². The summed E-state index contributed by atoms with van der Waals surface area (Å²) in [6.45, 7) is 0. The third kappa shape index (κ3) is 6.07. The van der Waals surface area contributed by atoms with Crippen LogP contribution in [-0.2, 0) is 6.16 Å². The van der Waals surface area contributed by atoms with Crippen LogP contribution in [0.1, 0.15) is 5.56 Å². The third-order valence-corrected chi connectivity index (χ3v) is 10.0. The first-order chi connectivity index (χ1) is 14.6. The standard InChI is InChI=1S/C25H23P.Cl3P/c1-5-13-22(14-6-1)21-26(23-15-7-2-8-16-23,24-17-9-3-10-18-24)25-19-11-4-12-20-25;1-4(2)3/h1-20,26H,21H2;. The van der Waals surface area contributed by atoms with E-state index >= 15 is 0 Å². The number of hydrogen-bond acceptors (Lipinski definition) is 0. The summed E-state index contributed by atoms with van der Waals surface area (Å²) in [4.78, 5) is 0. The molecule has 0 spiro atoms. The van der Waals surface area contributed by atoms with Crippen LogP contribution >= 0.6 is 47.0 Å². The minimum atomic E-state index is -2.16. The molecule has 0 fully saturated rings. The molecule has 0 aliphatic carbocycles. The van der Waals surface area contributed by atoms with E-state index in [1.165, 1.54) is 21.5 Å². The number of hydrogen-bond donors (Lipinski definition) is 0. The van der Waals surface area contributed by atoms with Crippen LogP contribution in [0.15, 0.2) is 121 Å². The maximum absolute atomic E-state index is 4.87. The summed E-state index contributed by atoms with van der Waals surface area (Å²) >= 11 is 14.6. The van der Waals surface area contributed by atoms with Gasteiger partial charge in [-0.25, -0.2) is 0 Å². The molecule has 0 aliphatic rings. The van der Waals surface area contributed by atoms with Gasteiger partial charge < -0.3 is 0 Å². The molecule has 0 aliphatic heterocycles. The molecule has 0 heterocycles. The quantitative estimate of drug-likeness (QED) is 0.249. The van der Waals surface area contributed by atoms with Gasteiger partial charge in [-0.1, -0.05) is 33.7 Å². The van der Waals surface area contributed by atoms with E-state index in [0.29, 0.717) is 0 Å². The first-order valence-electron chi connectivity index (χ1n) is 9.61. The van der Waals surface area contributed by atoms with Gasteiger partial charge in [0, 0.05) is 0 Å². The summed E-state index contributed by atoms with van der Waals surface area (Å²) in [6, 6.07) is 44.2. The molecule has 154 valence electrons. The second kappa shape index (κ2) is 11.9. The van der Waals surface area contributed by atoms with E-state index in [1.54, 1.807) is 0 Å². The average molecular weight is 492 g/mol. The summed E-state index contributed by atoms with van der Waals surface area (Å²) in [7, 11) is -2.16. The van der Waals surface area contributed by atoms with E-state index < -0.39 is 13.2 Å². The molecule has 0 nitrogen and oxygen atoms in total. The van der Waals surface area contributed by atoms with E-state index in [1.807, 2.05) is 0 Å². The van der Waals surface area contributed by atoms with Crippen LogP contribution in [0.25, 0.3) is 0 Å². The van der Waals surface area contributed by atoms with Crippen molar-refractivity contribution in [1.29, 1.82) is 0 Å². The Labute approximate surface area is 195 Å². The molecule has 0 saturated carbocycles. The summed E-state index contributed by atoms with van der Waals surface area (Å²) in [5, 5.41) is 4.38. The van der Waals surface area contributed by atoms with Gasteiger partial charge in [0.15, 0.2) is 5.98 Å². The van der Waals surface area contributed by atoms with Gasteiger partial charge in [0.05, 0.1) is 0 Å². The van der Waals surface area contributed by atoms with Crippen molar-refractivity contribution in [2.45, 2.75) is 6.16 Å². The molecular weight excluding hydrogens is 469 g/mol. The molecule has 0 bridgehead atoms. The molecule has 30 heavy (non-hydrogen) atoms. The van der Waals surface area contributed by atoms with Crippen molar-refractivity contribution in [3.8, 4) is 0 Å². The van der Waals surface area contributed by atoms with E-state index in [9.17, 15) is 0 Å². The molecule has 5 heteroatoms. The average Bonchev–Trinajstić information content (AvgIpc) is 2.80. The molecule has 0 atom stereocenters. The van der Waals surface area contributed by atoms with Crippen LogP contribution in [-0.4, -0.2) is 0 Å². The summed E-state index contributed by atoms with van der Waals surface area (Å²) < 4.78 is 0. The molecule has 4 rings (SSSR count). The van der Waals surface area contributed by atoms with Gasteiger partial charge in [0.25, 0.3) is 0 Å². The SMILES string of the molecule is ClP(Cl)Cl.c1ccc(C[PH](c2ccccc2)(c2ccccc2)c2ccccc2)cc1. The number of halogens is 3. The summed E-state index contributed by atoms with van der Waals surface area (Å²) in [5.41, 5.74) is 1.40. The Bertz CT molecular complexity index is 896. The van der Waals surface area contributed by atoms with Crippen LogP contribution < -0.4 is 15.9 Å². The second-order valence-electron chi connectivity index (χ2n) is 6.86. The van der Waals surface area contributed by atoms with Crippen molar-refractivity contribution >= 4 is 62.9 Å².